The summed E-state index contributed by atoms with van der Waals surface area (Å²) >= 11 is 0. The van der Waals surface area contributed by atoms with E-state index < -0.39 is 0 Å². The average Bonchev–Trinajstić information content (AvgIpc) is 2.29. The van der Waals surface area contributed by atoms with Crippen LogP contribution in [0.5, 0.6) is 0 Å². The lowest BCUT2D eigenvalue weighted by Crippen LogP contribution is -2.23. The molecule has 0 aromatic heterocycles. The van der Waals surface area contributed by atoms with Gasteiger partial charge in [0.1, 0.15) is 0 Å². The first-order chi connectivity index (χ1) is 6.67. The normalized spacial score (nSPS) is 28.4. The number of hydrogen-bond donors (Lipinski definition) is 0. The summed E-state index contributed by atoms with van der Waals surface area (Å²) in [7, 11) is 0. The highest BCUT2D eigenvalue weighted by Gasteiger charge is 2.33. The molecule has 15 heavy (non-hydrogen) atoms. The topological polar surface area (TPSA) is 9.23 Å². The van der Waals surface area contributed by atoms with E-state index in [4.69, 9.17) is 4.74 Å². The Kier molecular flexibility index (Phi) is 3.86. The number of hydrogen-bond acceptors (Lipinski definition) is 1. The fourth-order valence-electron chi connectivity index (χ4n) is 2.67. The summed E-state index contributed by atoms with van der Waals surface area (Å²) in [6, 6.07) is 0. The van der Waals surface area contributed by atoms with Crippen molar-refractivity contribution in [1.82, 2.24) is 0 Å². The summed E-state index contributed by atoms with van der Waals surface area (Å²) in [6.07, 6.45) is 2.60. The predicted octanol–water partition coefficient (Wildman–Crippen LogP) is 4.12. The van der Waals surface area contributed by atoms with E-state index in [9.17, 15) is 0 Å². The minimum atomic E-state index is 0.439. The molecule has 0 bridgehead atoms. The second-order valence-corrected chi connectivity index (χ2v) is 7.59. The molecule has 0 saturated carbocycles. The molecule has 1 aliphatic rings. The van der Waals surface area contributed by atoms with Crippen LogP contribution in [0.2, 0.25) is 0 Å². The lowest BCUT2D eigenvalue weighted by Gasteiger charge is -2.30. The van der Waals surface area contributed by atoms with Crippen molar-refractivity contribution in [1.29, 1.82) is 0 Å². The van der Waals surface area contributed by atoms with Crippen LogP contribution in [0.4, 0.5) is 0 Å². The zero-order valence-electron chi connectivity index (χ0n) is 11.4. The van der Waals surface area contributed by atoms with Gasteiger partial charge < -0.3 is 4.74 Å². The van der Waals surface area contributed by atoms with Gasteiger partial charge in [0.15, 0.2) is 0 Å². The molecule has 1 fully saturated rings. The molecule has 90 valence electrons. The zero-order chi connectivity index (χ0) is 11.7. The predicted molar refractivity (Wildman–Crippen MR) is 65.9 cm³/mol. The summed E-state index contributed by atoms with van der Waals surface area (Å²) in [4.78, 5) is 0. The quantitative estimate of drug-likeness (QED) is 0.669. The second-order valence-electron chi connectivity index (χ2n) is 7.59. The summed E-state index contributed by atoms with van der Waals surface area (Å²) in [6.45, 7) is 16.0. The molecule has 1 rings (SSSR count). The molecule has 0 aromatic rings. The van der Waals surface area contributed by atoms with E-state index in [0.717, 1.165) is 25.0 Å². The molecule has 0 radical (unpaired) electrons. The van der Waals surface area contributed by atoms with Crippen LogP contribution in [0.1, 0.15) is 54.4 Å². The highest BCUT2D eigenvalue weighted by molar-refractivity contribution is 4.82. The molecule has 2 atom stereocenters. The van der Waals surface area contributed by atoms with E-state index in [1.54, 1.807) is 0 Å². The van der Waals surface area contributed by atoms with E-state index in [0.29, 0.717) is 10.8 Å². The van der Waals surface area contributed by atoms with Crippen molar-refractivity contribution in [3.63, 3.8) is 0 Å². The van der Waals surface area contributed by atoms with Gasteiger partial charge in [-0.15, -0.1) is 0 Å². The standard InChI is InChI=1S/C14H28O/c1-13(2,3)7-11-9-15-10-12(11)8-14(4,5)6/h11-12H,7-10H2,1-6H3/t11-,12-/m0/s1. The molecule has 1 heteroatoms. The Balaban J connectivity index is 2.50. The van der Waals surface area contributed by atoms with Gasteiger partial charge in [-0.25, -0.2) is 0 Å². The van der Waals surface area contributed by atoms with Gasteiger partial charge in [-0.1, -0.05) is 41.5 Å². The Morgan fingerprint density at radius 3 is 1.40 bits per heavy atom. The first kappa shape index (κ1) is 13.0. The van der Waals surface area contributed by atoms with Gasteiger partial charge in [-0.2, -0.15) is 0 Å². The molecular weight excluding hydrogens is 184 g/mol. The van der Waals surface area contributed by atoms with Gasteiger partial charge in [-0.05, 0) is 35.5 Å². The Morgan fingerprint density at radius 1 is 0.800 bits per heavy atom. The van der Waals surface area contributed by atoms with Crippen molar-refractivity contribution in [2.75, 3.05) is 13.2 Å². The van der Waals surface area contributed by atoms with Crippen LogP contribution in [0.25, 0.3) is 0 Å². The Morgan fingerprint density at radius 2 is 1.13 bits per heavy atom. The van der Waals surface area contributed by atoms with Gasteiger partial charge in [0.05, 0.1) is 0 Å². The third-order valence-electron chi connectivity index (χ3n) is 3.08. The number of ether oxygens (including phenoxy) is 1. The van der Waals surface area contributed by atoms with E-state index in [1.807, 2.05) is 0 Å². The maximum Gasteiger partial charge on any atom is 0.0498 e. The van der Waals surface area contributed by atoms with Crippen LogP contribution in [0.15, 0.2) is 0 Å². The lowest BCUT2D eigenvalue weighted by atomic mass is 9.74. The second kappa shape index (κ2) is 4.45. The highest BCUT2D eigenvalue weighted by atomic mass is 16.5. The van der Waals surface area contributed by atoms with Gasteiger partial charge in [-0.3, -0.25) is 0 Å². The summed E-state index contributed by atoms with van der Waals surface area (Å²) in [5.74, 6) is 1.56. The first-order valence-electron chi connectivity index (χ1n) is 6.25. The smallest absolute Gasteiger partial charge is 0.0498 e. The first-order valence-corrected chi connectivity index (χ1v) is 6.25. The molecule has 0 aliphatic carbocycles. The molecule has 1 saturated heterocycles. The fraction of sp³-hybridized carbons (Fsp3) is 1.00. The van der Waals surface area contributed by atoms with Gasteiger partial charge in [0.2, 0.25) is 0 Å². The zero-order valence-corrected chi connectivity index (χ0v) is 11.4. The minimum Gasteiger partial charge on any atom is -0.381 e. The van der Waals surface area contributed by atoms with E-state index in [-0.39, 0.29) is 0 Å². The Bertz CT molecular complexity index is 172. The van der Waals surface area contributed by atoms with Crippen molar-refractivity contribution in [2.24, 2.45) is 22.7 Å². The van der Waals surface area contributed by atoms with Crippen LogP contribution in [-0.4, -0.2) is 13.2 Å². The Hall–Kier alpha value is -0.0400. The van der Waals surface area contributed by atoms with Crippen molar-refractivity contribution in [3.05, 3.63) is 0 Å². The van der Waals surface area contributed by atoms with E-state index in [1.165, 1.54) is 12.8 Å². The van der Waals surface area contributed by atoms with E-state index in [2.05, 4.69) is 41.5 Å². The molecule has 0 unspecified atom stereocenters. The van der Waals surface area contributed by atoms with Gasteiger partial charge >= 0.3 is 0 Å². The summed E-state index contributed by atoms with van der Waals surface area (Å²) in [5, 5.41) is 0. The summed E-state index contributed by atoms with van der Waals surface area (Å²) < 4.78 is 5.66. The van der Waals surface area contributed by atoms with E-state index >= 15 is 0 Å². The SMILES string of the molecule is CC(C)(C)C[C@H]1COC[C@@H]1CC(C)(C)C. The number of rotatable bonds is 2. The lowest BCUT2D eigenvalue weighted by molar-refractivity contribution is 0.170. The molecule has 0 N–H and O–H groups in total. The maximum absolute atomic E-state index is 5.66. The molecule has 0 amide bonds. The minimum absolute atomic E-state index is 0.439. The fourth-order valence-corrected chi connectivity index (χ4v) is 2.67. The van der Waals surface area contributed by atoms with Gasteiger partial charge in [0.25, 0.3) is 0 Å². The third kappa shape index (κ3) is 5.01. The van der Waals surface area contributed by atoms with Crippen molar-refractivity contribution in [2.45, 2.75) is 54.4 Å². The molecule has 1 heterocycles. The third-order valence-corrected chi connectivity index (χ3v) is 3.08. The molecule has 1 aliphatic heterocycles. The van der Waals surface area contributed by atoms with Gasteiger partial charge in [0, 0.05) is 13.2 Å². The van der Waals surface area contributed by atoms with Crippen LogP contribution < -0.4 is 0 Å². The maximum atomic E-state index is 5.66. The summed E-state index contributed by atoms with van der Waals surface area (Å²) in [5.41, 5.74) is 0.878. The van der Waals surface area contributed by atoms with Crippen LogP contribution in [-0.2, 0) is 4.74 Å². The molecule has 0 aromatic carbocycles. The largest absolute Gasteiger partial charge is 0.381 e. The van der Waals surface area contributed by atoms with Crippen molar-refractivity contribution in [3.8, 4) is 0 Å². The van der Waals surface area contributed by atoms with Crippen LogP contribution in [0.3, 0.4) is 0 Å². The molecule has 0 spiro atoms. The van der Waals surface area contributed by atoms with Crippen molar-refractivity contribution >= 4 is 0 Å². The molecule has 1 nitrogen and oxygen atoms in total. The van der Waals surface area contributed by atoms with Crippen LogP contribution >= 0.6 is 0 Å². The molecular formula is C14H28O. The average molecular weight is 212 g/mol. The van der Waals surface area contributed by atoms with Crippen molar-refractivity contribution < 1.29 is 4.74 Å². The highest BCUT2D eigenvalue weighted by Crippen LogP contribution is 2.38. The Labute approximate surface area is 95.6 Å². The monoisotopic (exact) mass is 212 g/mol. The van der Waals surface area contributed by atoms with Crippen LogP contribution in [0, 0.1) is 22.7 Å².